The second kappa shape index (κ2) is 7.70. The van der Waals surface area contributed by atoms with Crippen molar-refractivity contribution in [3.8, 4) is 16.9 Å². The minimum atomic E-state index is 0.0599. The molecule has 3 rings (SSSR count). The molecule has 1 aromatic heterocycles. The average Bonchev–Trinajstić information content (AvgIpc) is 2.89. The van der Waals surface area contributed by atoms with Crippen LogP contribution in [0.4, 0.5) is 5.82 Å². The van der Waals surface area contributed by atoms with Crippen molar-refractivity contribution in [3.05, 3.63) is 30.0 Å². The van der Waals surface area contributed by atoms with E-state index in [1.54, 1.807) is 11.8 Å². The van der Waals surface area contributed by atoms with Gasteiger partial charge in [-0.15, -0.1) is 0 Å². The summed E-state index contributed by atoms with van der Waals surface area (Å²) in [6.07, 6.45) is 2.68. The molecule has 25 heavy (non-hydrogen) atoms. The van der Waals surface area contributed by atoms with Crippen molar-refractivity contribution in [3.63, 3.8) is 0 Å². The molecular weight excluding hydrogens is 316 g/mol. The molecule has 6 nitrogen and oxygen atoms in total. The van der Waals surface area contributed by atoms with E-state index >= 15 is 0 Å². The summed E-state index contributed by atoms with van der Waals surface area (Å²) in [5.41, 5.74) is 2.87. The fraction of sp³-hybridized carbons (Fsp3) is 0.474. The molecule has 6 heteroatoms. The molecule has 0 bridgehead atoms. The maximum atomic E-state index is 12.5. The first-order chi connectivity index (χ1) is 12.1. The summed E-state index contributed by atoms with van der Waals surface area (Å²) < 4.78 is 6.97. The van der Waals surface area contributed by atoms with Crippen LogP contribution in [0.1, 0.15) is 25.0 Å². The Morgan fingerprint density at radius 3 is 2.64 bits per heavy atom. The van der Waals surface area contributed by atoms with Crippen molar-refractivity contribution in [2.24, 2.45) is 13.0 Å². The minimum Gasteiger partial charge on any atom is -0.497 e. The van der Waals surface area contributed by atoms with Gasteiger partial charge in [0.05, 0.1) is 12.8 Å². The van der Waals surface area contributed by atoms with Gasteiger partial charge in [-0.25, -0.2) is 0 Å². The van der Waals surface area contributed by atoms with Gasteiger partial charge in [0.25, 0.3) is 0 Å². The number of nitrogens with zero attached hydrogens (tertiary/aromatic N) is 2. The lowest BCUT2D eigenvalue weighted by Gasteiger charge is -2.22. The normalized spacial score (nSPS) is 15.2. The summed E-state index contributed by atoms with van der Waals surface area (Å²) in [7, 11) is 3.51. The van der Waals surface area contributed by atoms with Crippen LogP contribution in [0.5, 0.6) is 5.75 Å². The lowest BCUT2D eigenvalue weighted by Crippen LogP contribution is -2.30. The van der Waals surface area contributed by atoms with Crippen LogP contribution in [-0.4, -0.2) is 35.9 Å². The predicted molar refractivity (Wildman–Crippen MR) is 98.8 cm³/mol. The SMILES string of the molecule is COc1ccc(-c2c(C)nn(C)c2NC(=O)CC2CCNCC2)cc1. The minimum absolute atomic E-state index is 0.0599. The van der Waals surface area contributed by atoms with Crippen LogP contribution in [-0.2, 0) is 11.8 Å². The fourth-order valence-electron chi connectivity index (χ4n) is 3.44. The van der Waals surface area contributed by atoms with Gasteiger partial charge in [0.2, 0.25) is 5.91 Å². The molecule has 1 amide bonds. The monoisotopic (exact) mass is 342 g/mol. The van der Waals surface area contributed by atoms with Crippen LogP contribution in [0, 0.1) is 12.8 Å². The van der Waals surface area contributed by atoms with E-state index in [1.165, 1.54) is 0 Å². The van der Waals surface area contributed by atoms with E-state index in [1.807, 2.05) is 38.2 Å². The number of rotatable bonds is 5. The van der Waals surface area contributed by atoms with Gasteiger partial charge in [0.15, 0.2) is 0 Å². The average molecular weight is 342 g/mol. The number of hydrogen-bond donors (Lipinski definition) is 2. The molecule has 1 aromatic carbocycles. The Morgan fingerprint density at radius 1 is 1.32 bits per heavy atom. The maximum absolute atomic E-state index is 12.5. The van der Waals surface area contributed by atoms with Gasteiger partial charge in [-0.3, -0.25) is 9.48 Å². The fourth-order valence-corrected chi connectivity index (χ4v) is 3.44. The van der Waals surface area contributed by atoms with Gasteiger partial charge in [0, 0.05) is 19.0 Å². The van der Waals surface area contributed by atoms with Gasteiger partial charge in [-0.2, -0.15) is 5.10 Å². The van der Waals surface area contributed by atoms with E-state index in [-0.39, 0.29) is 5.91 Å². The third kappa shape index (κ3) is 4.02. The van der Waals surface area contributed by atoms with Crippen LogP contribution in [0.25, 0.3) is 11.1 Å². The Bertz CT molecular complexity index is 731. The number of benzene rings is 1. The number of carbonyl (C=O) groups is 1. The number of amides is 1. The largest absolute Gasteiger partial charge is 0.497 e. The van der Waals surface area contributed by atoms with E-state index in [2.05, 4.69) is 15.7 Å². The first kappa shape index (κ1) is 17.5. The van der Waals surface area contributed by atoms with E-state index in [0.717, 1.165) is 54.3 Å². The van der Waals surface area contributed by atoms with Crippen molar-refractivity contribution in [1.29, 1.82) is 0 Å². The van der Waals surface area contributed by atoms with E-state index in [4.69, 9.17) is 4.74 Å². The first-order valence-corrected chi connectivity index (χ1v) is 8.77. The van der Waals surface area contributed by atoms with Gasteiger partial charge in [-0.05, 0) is 56.5 Å². The van der Waals surface area contributed by atoms with E-state index in [0.29, 0.717) is 12.3 Å². The predicted octanol–water partition coefficient (Wildman–Crippen LogP) is 2.73. The molecular formula is C19H26N4O2. The van der Waals surface area contributed by atoms with E-state index in [9.17, 15) is 4.79 Å². The van der Waals surface area contributed by atoms with Crippen molar-refractivity contribution in [2.75, 3.05) is 25.5 Å². The first-order valence-electron chi connectivity index (χ1n) is 8.77. The van der Waals surface area contributed by atoms with Crippen molar-refractivity contribution in [1.82, 2.24) is 15.1 Å². The smallest absolute Gasteiger partial charge is 0.225 e. The van der Waals surface area contributed by atoms with Crippen LogP contribution >= 0.6 is 0 Å². The number of nitrogens with one attached hydrogen (secondary N) is 2. The molecule has 0 radical (unpaired) electrons. The molecule has 1 fully saturated rings. The topological polar surface area (TPSA) is 68.2 Å². The molecule has 0 saturated carbocycles. The number of piperidine rings is 1. The van der Waals surface area contributed by atoms with Crippen LogP contribution in [0.15, 0.2) is 24.3 Å². The Hall–Kier alpha value is -2.34. The Labute approximate surface area is 148 Å². The second-order valence-corrected chi connectivity index (χ2v) is 6.61. The Morgan fingerprint density at radius 2 is 2.00 bits per heavy atom. The number of anilines is 1. The van der Waals surface area contributed by atoms with Gasteiger partial charge >= 0.3 is 0 Å². The Kier molecular flexibility index (Phi) is 5.38. The number of hydrogen-bond acceptors (Lipinski definition) is 4. The molecule has 2 aromatic rings. The van der Waals surface area contributed by atoms with Crippen LogP contribution in [0.2, 0.25) is 0 Å². The molecule has 1 aliphatic rings. The van der Waals surface area contributed by atoms with Crippen molar-refractivity contribution >= 4 is 11.7 Å². The summed E-state index contributed by atoms with van der Waals surface area (Å²) >= 11 is 0. The number of aryl methyl sites for hydroxylation is 2. The highest BCUT2D eigenvalue weighted by Crippen LogP contribution is 2.32. The van der Waals surface area contributed by atoms with Crippen LogP contribution < -0.4 is 15.4 Å². The Balaban J connectivity index is 1.79. The third-order valence-corrected chi connectivity index (χ3v) is 4.79. The van der Waals surface area contributed by atoms with Gasteiger partial charge < -0.3 is 15.4 Å². The summed E-state index contributed by atoms with van der Waals surface area (Å²) in [5.74, 6) is 2.08. The molecule has 2 heterocycles. The highest BCUT2D eigenvalue weighted by atomic mass is 16.5. The lowest BCUT2D eigenvalue weighted by molar-refractivity contribution is -0.117. The highest BCUT2D eigenvalue weighted by molar-refractivity contribution is 5.95. The second-order valence-electron chi connectivity index (χ2n) is 6.61. The molecule has 0 atom stereocenters. The summed E-state index contributed by atoms with van der Waals surface area (Å²) in [6.45, 7) is 3.96. The number of aromatic nitrogens is 2. The van der Waals surface area contributed by atoms with Gasteiger partial charge in [-0.1, -0.05) is 12.1 Å². The lowest BCUT2D eigenvalue weighted by atomic mass is 9.94. The summed E-state index contributed by atoms with van der Waals surface area (Å²) in [6, 6.07) is 7.82. The molecule has 1 aliphatic heterocycles. The van der Waals surface area contributed by atoms with Gasteiger partial charge in [0.1, 0.15) is 11.6 Å². The molecule has 2 N–H and O–H groups in total. The molecule has 134 valence electrons. The zero-order valence-electron chi connectivity index (χ0n) is 15.1. The number of ether oxygens (including phenoxy) is 1. The molecule has 0 aliphatic carbocycles. The van der Waals surface area contributed by atoms with Crippen LogP contribution in [0.3, 0.4) is 0 Å². The molecule has 1 saturated heterocycles. The zero-order chi connectivity index (χ0) is 17.8. The molecule has 0 spiro atoms. The van der Waals surface area contributed by atoms with Crippen molar-refractivity contribution < 1.29 is 9.53 Å². The summed E-state index contributed by atoms with van der Waals surface area (Å²) in [5, 5.41) is 10.9. The number of carbonyl (C=O) groups excluding carboxylic acids is 1. The quantitative estimate of drug-likeness (QED) is 0.877. The standard InChI is InChI=1S/C19H26N4O2/c1-13-18(15-4-6-16(25-3)7-5-15)19(23(2)22-13)21-17(24)12-14-8-10-20-11-9-14/h4-7,14,20H,8-12H2,1-3H3,(H,21,24). The zero-order valence-corrected chi connectivity index (χ0v) is 15.1. The highest BCUT2D eigenvalue weighted by Gasteiger charge is 2.21. The number of methoxy groups -OCH3 is 1. The summed E-state index contributed by atoms with van der Waals surface area (Å²) in [4.78, 5) is 12.5. The molecule has 0 unspecified atom stereocenters. The van der Waals surface area contributed by atoms with E-state index < -0.39 is 0 Å². The third-order valence-electron chi connectivity index (χ3n) is 4.79. The maximum Gasteiger partial charge on any atom is 0.225 e. The van der Waals surface area contributed by atoms with Crippen molar-refractivity contribution in [2.45, 2.75) is 26.2 Å².